The molecule has 1 aromatic carbocycles. The molecule has 4 heteroatoms. The molecule has 2 aromatic heterocycles. The molecule has 3 aromatic rings. The fourth-order valence-corrected chi connectivity index (χ4v) is 3.34. The highest BCUT2D eigenvalue weighted by Gasteiger charge is 2.32. The van der Waals surface area contributed by atoms with E-state index in [0.717, 1.165) is 24.2 Å². The zero-order chi connectivity index (χ0) is 18.1. The van der Waals surface area contributed by atoms with E-state index in [4.69, 9.17) is 0 Å². The molecule has 0 saturated heterocycles. The SMILES string of the molecule is CC(C)c1ccc(CN(C(=O)Cc2cn3ccccc3n2)C2CC2)cc1. The molecule has 4 nitrogen and oxygen atoms in total. The molecule has 0 radical (unpaired) electrons. The quantitative estimate of drug-likeness (QED) is 0.670. The summed E-state index contributed by atoms with van der Waals surface area (Å²) >= 11 is 0. The molecule has 0 spiro atoms. The molecule has 1 aliphatic rings. The van der Waals surface area contributed by atoms with E-state index < -0.39 is 0 Å². The summed E-state index contributed by atoms with van der Waals surface area (Å²) in [5.74, 6) is 0.698. The van der Waals surface area contributed by atoms with Crippen LogP contribution in [0, 0.1) is 0 Å². The van der Waals surface area contributed by atoms with Gasteiger partial charge in [0, 0.05) is 25.0 Å². The van der Waals surface area contributed by atoms with Gasteiger partial charge in [-0.05, 0) is 42.0 Å². The van der Waals surface area contributed by atoms with Crippen molar-refractivity contribution in [1.29, 1.82) is 0 Å². The molecule has 0 bridgehead atoms. The van der Waals surface area contributed by atoms with Crippen LogP contribution in [0.25, 0.3) is 5.65 Å². The van der Waals surface area contributed by atoms with Gasteiger partial charge in [-0.15, -0.1) is 0 Å². The smallest absolute Gasteiger partial charge is 0.229 e. The summed E-state index contributed by atoms with van der Waals surface area (Å²) in [6.45, 7) is 5.09. The molecule has 2 heterocycles. The normalized spacial score (nSPS) is 14.1. The summed E-state index contributed by atoms with van der Waals surface area (Å²) < 4.78 is 1.97. The highest BCUT2D eigenvalue weighted by Crippen LogP contribution is 2.29. The van der Waals surface area contributed by atoms with Crippen LogP contribution in [0.4, 0.5) is 0 Å². The lowest BCUT2D eigenvalue weighted by atomic mass is 10.0. The molecule has 0 unspecified atom stereocenters. The first kappa shape index (κ1) is 16.8. The van der Waals surface area contributed by atoms with E-state index >= 15 is 0 Å². The first-order valence-electron chi connectivity index (χ1n) is 9.41. The zero-order valence-electron chi connectivity index (χ0n) is 15.4. The molecule has 1 aliphatic carbocycles. The minimum atomic E-state index is 0.170. The highest BCUT2D eigenvalue weighted by atomic mass is 16.2. The maximum atomic E-state index is 12.9. The minimum absolute atomic E-state index is 0.170. The fourth-order valence-electron chi connectivity index (χ4n) is 3.34. The van der Waals surface area contributed by atoms with Gasteiger partial charge in [0.15, 0.2) is 0 Å². The molecular formula is C22H25N3O. The second kappa shape index (κ2) is 6.94. The van der Waals surface area contributed by atoms with Crippen molar-refractivity contribution in [2.75, 3.05) is 0 Å². The summed E-state index contributed by atoms with van der Waals surface area (Å²) in [4.78, 5) is 19.5. The zero-order valence-corrected chi connectivity index (χ0v) is 15.4. The lowest BCUT2D eigenvalue weighted by Crippen LogP contribution is -2.33. The maximum Gasteiger partial charge on any atom is 0.229 e. The molecule has 1 fully saturated rings. The third-order valence-corrected chi connectivity index (χ3v) is 5.05. The Kier molecular flexibility index (Phi) is 4.49. The largest absolute Gasteiger partial charge is 0.335 e. The molecule has 4 rings (SSSR count). The average Bonchev–Trinajstić information content (AvgIpc) is 3.39. The molecule has 0 aliphatic heterocycles. The van der Waals surface area contributed by atoms with Crippen molar-refractivity contribution in [3.05, 3.63) is 71.7 Å². The Labute approximate surface area is 154 Å². The highest BCUT2D eigenvalue weighted by molar-refractivity contribution is 5.79. The predicted octanol–water partition coefficient (Wildman–Crippen LogP) is 4.19. The van der Waals surface area contributed by atoms with Crippen LogP contribution in [0.1, 0.15) is 49.4 Å². The van der Waals surface area contributed by atoms with Crippen molar-refractivity contribution >= 4 is 11.6 Å². The van der Waals surface area contributed by atoms with Crippen molar-refractivity contribution in [2.45, 2.75) is 51.6 Å². The van der Waals surface area contributed by atoms with Crippen molar-refractivity contribution in [1.82, 2.24) is 14.3 Å². The number of amides is 1. The molecule has 0 N–H and O–H groups in total. The first-order valence-corrected chi connectivity index (χ1v) is 9.41. The Bertz CT molecular complexity index is 874. The maximum absolute atomic E-state index is 12.9. The monoisotopic (exact) mass is 347 g/mol. The van der Waals surface area contributed by atoms with E-state index in [1.165, 1.54) is 11.1 Å². The Balaban J connectivity index is 1.48. The number of hydrogen-bond acceptors (Lipinski definition) is 2. The van der Waals surface area contributed by atoms with Gasteiger partial charge in [-0.25, -0.2) is 4.98 Å². The summed E-state index contributed by atoms with van der Waals surface area (Å²) in [7, 11) is 0. The van der Waals surface area contributed by atoms with E-state index in [2.05, 4.69) is 43.1 Å². The predicted molar refractivity (Wildman–Crippen MR) is 103 cm³/mol. The van der Waals surface area contributed by atoms with Crippen LogP contribution < -0.4 is 0 Å². The van der Waals surface area contributed by atoms with Crippen LogP contribution >= 0.6 is 0 Å². The Hall–Kier alpha value is -2.62. The van der Waals surface area contributed by atoms with Gasteiger partial charge in [0.05, 0.1) is 12.1 Å². The molecule has 0 atom stereocenters. The van der Waals surface area contributed by atoms with E-state index in [1.54, 1.807) is 0 Å². The number of pyridine rings is 1. The van der Waals surface area contributed by atoms with E-state index in [1.807, 2.05) is 39.9 Å². The van der Waals surface area contributed by atoms with Crippen molar-refractivity contribution in [2.24, 2.45) is 0 Å². The van der Waals surface area contributed by atoms with Gasteiger partial charge in [-0.3, -0.25) is 4.79 Å². The van der Waals surface area contributed by atoms with E-state index in [9.17, 15) is 4.79 Å². The molecule has 134 valence electrons. The lowest BCUT2D eigenvalue weighted by Gasteiger charge is -2.22. The third-order valence-electron chi connectivity index (χ3n) is 5.05. The summed E-state index contributed by atoms with van der Waals surface area (Å²) in [6, 6.07) is 15.0. The second-order valence-electron chi connectivity index (χ2n) is 7.52. The first-order chi connectivity index (χ1) is 12.6. The van der Waals surface area contributed by atoms with Gasteiger partial charge >= 0.3 is 0 Å². The molecule has 26 heavy (non-hydrogen) atoms. The average molecular weight is 347 g/mol. The summed E-state index contributed by atoms with van der Waals surface area (Å²) in [5.41, 5.74) is 4.26. The van der Waals surface area contributed by atoms with Crippen LogP contribution in [0.5, 0.6) is 0 Å². The molecule has 1 amide bonds. The van der Waals surface area contributed by atoms with Crippen LogP contribution in [-0.2, 0) is 17.8 Å². The number of aromatic nitrogens is 2. The van der Waals surface area contributed by atoms with Crippen LogP contribution in [0.2, 0.25) is 0 Å². The lowest BCUT2D eigenvalue weighted by molar-refractivity contribution is -0.131. The van der Waals surface area contributed by atoms with Crippen LogP contribution in [0.15, 0.2) is 54.9 Å². The number of benzene rings is 1. The van der Waals surface area contributed by atoms with E-state index in [-0.39, 0.29) is 5.91 Å². The minimum Gasteiger partial charge on any atom is -0.335 e. The molecular weight excluding hydrogens is 322 g/mol. The van der Waals surface area contributed by atoms with Crippen LogP contribution in [-0.4, -0.2) is 26.2 Å². The van der Waals surface area contributed by atoms with Crippen molar-refractivity contribution in [3.8, 4) is 0 Å². The fraction of sp³-hybridized carbons (Fsp3) is 0.364. The number of fused-ring (bicyclic) bond motifs is 1. The number of hydrogen-bond donors (Lipinski definition) is 0. The van der Waals surface area contributed by atoms with Gasteiger partial charge < -0.3 is 9.30 Å². The Morgan fingerprint density at radius 1 is 1.19 bits per heavy atom. The standard InChI is InChI=1S/C22H25N3O/c1-16(2)18-8-6-17(7-9-18)14-25(20-10-11-20)22(26)13-19-15-24-12-4-3-5-21(24)23-19/h3-9,12,15-16,20H,10-11,13-14H2,1-2H3. The number of carbonyl (C=O) groups excluding carboxylic acids is 1. The number of imidazole rings is 1. The number of nitrogens with zero attached hydrogens (tertiary/aromatic N) is 3. The Morgan fingerprint density at radius 2 is 1.96 bits per heavy atom. The summed E-state index contributed by atoms with van der Waals surface area (Å²) in [6.07, 6.45) is 6.51. The number of rotatable bonds is 6. The third kappa shape index (κ3) is 3.64. The summed E-state index contributed by atoms with van der Waals surface area (Å²) in [5, 5.41) is 0. The van der Waals surface area contributed by atoms with Crippen molar-refractivity contribution in [3.63, 3.8) is 0 Å². The van der Waals surface area contributed by atoms with Gasteiger partial charge in [-0.2, -0.15) is 0 Å². The van der Waals surface area contributed by atoms with Gasteiger partial charge in [-0.1, -0.05) is 44.2 Å². The van der Waals surface area contributed by atoms with Crippen LogP contribution in [0.3, 0.4) is 0 Å². The van der Waals surface area contributed by atoms with Gasteiger partial charge in [0.1, 0.15) is 5.65 Å². The van der Waals surface area contributed by atoms with Gasteiger partial charge in [0.2, 0.25) is 5.91 Å². The van der Waals surface area contributed by atoms with Crippen molar-refractivity contribution < 1.29 is 4.79 Å². The Morgan fingerprint density at radius 3 is 2.62 bits per heavy atom. The van der Waals surface area contributed by atoms with Gasteiger partial charge in [0.25, 0.3) is 0 Å². The second-order valence-corrected chi connectivity index (χ2v) is 7.52. The molecule has 1 saturated carbocycles. The number of carbonyl (C=O) groups is 1. The topological polar surface area (TPSA) is 37.6 Å². The van der Waals surface area contributed by atoms with E-state index in [0.29, 0.717) is 24.9 Å².